The Morgan fingerprint density at radius 2 is 2.06 bits per heavy atom. The van der Waals surface area contributed by atoms with Crippen LogP contribution >= 0.6 is 0 Å². The van der Waals surface area contributed by atoms with Crippen LogP contribution < -0.4 is 5.32 Å². The molecule has 2 heterocycles. The van der Waals surface area contributed by atoms with E-state index in [1.807, 2.05) is 25.7 Å². The quantitative estimate of drug-likeness (QED) is 0.721. The molecule has 4 nitrogen and oxygen atoms in total. The molecule has 0 aliphatic carbocycles. The van der Waals surface area contributed by atoms with Gasteiger partial charge in [0.1, 0.15) is 5.60 Å². The van der Waals surface area contributed by atoms with Crippen LogP contribution in [0.2, 0.25) is 0 Å². The van der Waals surface area contributed by atoms with E-state index in [9.17, 15) is 4.79 Å². The molecule has 2 rings (SSSR count). The van der Waals surface area contributed by atoms with Gasteiger partial charge in [-0.3, -0.25) is 0 Å². The Hall–Kier alpha value is -0.770. The number of rotatable bonds is 0. The van der Waals surface area contributed by atoms with Crippen LogP contribution in [-0.2, 0) is 4.74 Å². The Morgan fingerprint density at radius 3 is 2.78 bits per heavy atom. The van der Waals surface area contributed by atoms with Crippen LogP contribution in [-0.4, -0.2) is 42.3 Å². The molecule has 0 aromatic rings. The predicted octanol–water partition coefficient (Wildman–Crippen LogP) is 2.39. The molecule has 0 unspecified atom stereocenters. The fraction of sp³-hybridized carbons (Fsp3) is 0.929. The van der Waals surface area contributed by atoms with Gasteiger partial charge in [-0.1, -0.05) is 6.42 Å². The van der Waals surface area contributed by atoms with Gasteiger partial charge in [-0.05, 0) is 59.0 Å². The first-order valence-corrected chi connectivity index (χ1v) is 7.18. The van der Waals surface area contributed by atoms with Crippen molar-refractivity contribution in [1.82, 2.24) is 10.2 Å². The number of amides is 1. The van der Waals surface area contributed by atoms with E-state index >= 15 is 0 Å². The maximum absolute atomic E-state index is 12.3. The lowest BCUT2D eigenvalue weighted by Crippen LogP contribution is -2.52. The summed E-state index contributed by atoms with van der Waals surface area (Å²) in [6.07, 6.45) is 4.50. The fourth-order valence-corrected chi connectivity index (χ4v) is 3.02. The minimum absolute atomic E-state index is 0.124. The zero-order valence-electron chi connectivity index (χ0n) is 11.9. The molecule has 2 aliphatic heterocycles. The van der Waals surface area contributed by atoms with Crippen molar-refractivity contribution < 1.29 is 9.53 Å². The van der Waals surface area contributed by atoms with Gasteiger partial charge in [0.2, 0.25) is 0 Å². The van der Waals surface area contributed by atoms with Crippen LogP contribution in [0.4, 0.5) is 4.79 Å². The number of nitrogens with one attached hydrogen (secondary N) is 1. The molecule has 2 atom stereocenters. The van der Waals surface area contributed by atoms with Crippen LogP contribution in [0.25, 0.3) is 0 Å². The number of likely N-dealkylation sites (tertiary alicyclic amines) is 1. The third kappa shape index (κ3) is 3.37. The van der Waals surface area contributed by atoms with E-state index < -0.39 is 5.60 Å². The molecule has 0 radical (unpaired) electrons. The molecule has 1 N–H and O–H groups in total. The van der Waals surface area contributed by atoms with E-state index in [4.69, 9.17) is 4.74 Å². The lowest BCUT2D eigenvalue weighted by molar-refractivity contribution is 0.00823. The van der Waals surface area contributed by atoms with Gasteiger partial charge < -0.3 is 15.0 Å². The molecule has 18 heavy (non-hydrogen) atoms. The first-order chi connectivity index (χ1) is 8.47. The Balaban J connectivity index is 2.06. The maximum atomic E-state index is 12.3. The second kappa shape index (κ2) is 5.47. The smallest absolute Gasteiger partial charge is 0.410 e. The molecule has 1 amide bonds. The summed E-state index contributed by atoms with van der Waals surface area (Å²) in [6.45, 7) is 8.72. The van der Waals surface area contributed by atoms with Crippen LogP contribution in [0.5, 0.6) is 0 Å². The largest absolute Gasteiger partial charge is 0.444 e. The molecule has 2 fully saturated rings. The molecule has 2 aliphatic rings. The highest BCUT2D eigenvalue weighted by Gasteiger charge is 2.36. The topological polar surface area (TPSA) is 41.6 Å². The predicted molar refractivity (Wildman–Crippen MR) is 71.6 cm³/mol. The summed E-state index contributed by atoms with van der Waals surface area (Å²) in [4.78, 5) is 14.3. The minimum Gasteiger partial charge on any atom is -0.444 e. The van der Waals surface area contributed by atoms with E-state index in [2.05, 4.69) is 5.32 Å². The summed E-state index contributed by atoms with van der Waals surface area (Å²) < 4.78 is 5.55. The molecular weight excluding hydrogens is 228 g/mol. The summed E-state index contributed by atoms with van der Waals surface area (Å²) >= 11 is 0. The zero-order valence-corrected chi connectivity index (χ0v) is 11.9. The van der Waals surface area contributed by atoms with Crippen LogP contribution in [0.15, 0.2) is 0 Å². The molecule has 0 saturated carbocycles. The summed E-state index contributed by atoms with van der Waals surface area (Å²) in [5, 5.41) is 3.44. The highest BCUT2D eigenvalue weighted by molar-refractivity contribution is 5.68. The number of piperidine rings is 1. The van der Waals surface area contributed by atoms with Gasteiger partial charge in [-0.25, -0.2) is 4.79 Å². The number of carbonyl (C=O) groups excluding carboxylic acids is 1. The van der Waals surface area contributed by atoms with Crippen molar-refractivity contribution in [3.05, 3.63) is 0 Å². The summed E-state index contributed by atoms with van der Waals surface area (Å²) in [5.74, 6) is 0.605. The molecule has 0 aromatic heterocycles. The average Bonchev–Trinajstić information content (AvgIpc) is 2.48. The molecule has 2 saturated heterocycles. The molecule has 4 heteroatoms. The first kappa shape index (κ1) is 13.7. The molecular formula is C14H26N2O2. The molecule has 0 bridgehead atoms. The van der Waals surface area contributed by atoms with E-state index in [1.54, 1.807) is 0 Å². The van der Waals surface area contributed by atoms with Gasteiger partial charge in [0.15, 0.2) is 0 Å². The molecule has 0 spiro atoms. The van der Waals surface area contributed by atoms with Gasteiger partial charge >= 0.3 is 6.09 Å². The Morgan fingerprint density at radius 1 is 1.28 bits per heavy atom. The maximum Gasteiger partial charge on any atom is 0.410 e. The number of hydrogen-bond donors (Lipinski definition) is 1. The fourth-order valence-electron chi connectivity index (χ4n) is 3.02. The number of hydrogen-bond acceptors (Lipinski definition) is 3. The lowest BCUT2D eigenvalue weighted by atomic mass is 9.89. The van der Waals surface area contributed by atoms with Gasteiger partial charge in [-0.2, -0.15) is 0 Å². The number of fused-ring (bicyclic) bond motifs is 1. The van der Waals surface area contributed by atoms with Gasteiger partial charge in [0.05, 0.1) is 0 Å². The van der Waals surface area contributed by atoms with E-state index in [1.165, 1.54) is 12.8 Å². The van der Waals surface area contributed by atoms with Gasteiger partial charge in [0.25, 0.3) is 0 Å². The second-order valence-electron chi connectivity index (χ2n) is 6.49. The molecule has 104 valence electrons. The standard InChI is InChI=1S/C14H26N2O2/c1-14(2,3)18-13(17)16-9-5-4-6-11-10-15-8-7-12(11)16/h11-12,15H,4-10H2,1-3H3/t11-,12-/m1/s1. The number of carbonyl (C=O) groups is 1. The van der Waals surface area contributed by atoms with Crippen molar-refractivity contribution >= 4 is 6.09 Å². The van der Waals surface area contributed by atoms with Gasteiger partial charge in [0, 0.05) is 12.6 Å². The van der Waals surface area contributed by atoms with Crippen molar-refractivity contribution in [3.63, 3.8) is 0 Å². The van der Waals surface area contributed by atoms with Crippen LogP contribution in [0, 0.1) is 5.92 Å². The van der Waals surface area contributed by atoms with E-state index in [0.29, 0.717) is 12.0 Å². The Kier molecular flexibility index (Phi) is 4.15. The normalized spacial score (nSPS) is 29.4. The lowest BCUT2D eigenvalue weighted by Gasteiger charge is -2.39. The van der Waals surface area contributed by atoms with Crippen molar-refractivity contribution in [1.29, 1.82) is 0 Å². The monoisotopic (exact) mass is 254 g/mol. The molecule has 0 aromatic carbocycles. The van der Waals surface area contributed by atoms with Crippen molar-refractivity contribution in [3.8, 4) is 0 Å². The summed E-state index contributed by atoms with van der Waals surface area (Å²) in [7, 11) is 0. The highest BCUT2D eigenvalue weighted by atomic mass is 16.6. The van der Waals surface area contributed by atoms with E-state index in [0.717, 1.165) is 32.5 Å². The van der Waals surface area contributed by atoms with Crippen molar-refractivity contribution in [2.45, 2.75) is 58.1 Å². The summed E-state index contributed by atoms with van der Waals surface area (Å²) in [5.41, 5.74) is -0.397. The zero-order chi connectivity index (χ0) is 13.2. The second-order valence-corrected chi connectivity index (χ2v) is 6.49. The Labute approximate surface area is 110 Å². The summed E-state index contributed by atoms with van der Waals surface area (Å²) in [6, 6.07) is 0.378. The SMILES string of the molecule is CC(C)(C)OC(=O)N1CCCC[C@@H]2CNCC[C@H]21. The van der Waals surface area contributed by atoms with Crippen molar-refractivity contribution in [2.75, 3.05) is 19.6 Å². The van der Waals surface area contributed by atoms with E-state index in [-0.39, 0.29) is 6.09 Å². The van der Waals surface area contributed by atoms with Crippen LogP contribution in [0.1, 0.15) is 46.5 Å². The minimum atomic E-state index is -0.397. The third-order valence-electron chi connectivity index (χ3n) is 3.82. The van der Waals surface area contributed by atoms with Gasteiger partial charge in [-0.15, -0.1) is 0 Å². The number of nitrogens with zero attached hydrogens (tertiary/aromatic N) is 1. The highest BCUT2D eigenvalue weighted by Crippen LogP contribution is 2.28. The first-order valence-electron chi connectivity index (χ1n) is 7.18. The Bertz CT molecular complexity index is 299. The van der Waals surface area contributed by atoms with Crippen molar-refractivity contribution in [2.24, 2.45) is 5.92 Å². The third-order valence-corrected chi connectivity index (χ3v) is 3.82. The average molecular weight is 254 g/mol. The number of ether oxygens (including phenoxy) is 1. The van der Waals surface area contributed by atoms with Crippen LogP contribution in [0.3, 0.4) is 0 Å².